The lowest BCUT2D eigenvalue weighted by molar-refractivity contribution is -0.141. The van der Waals surface area contributed by atoms with Crippen molar-refractivity contribution in [2.75, 3.05) is 6.61 Å². The molecule has 9 heteroatoms. The Labute approximate surface area is 203 Å². The van der Waals surface area contributed by atoms with E-state index in [9.17, 15) is 23.2 Å². The van der Waals surface area contributed by atoms with Crippen LogP contribution in [-0.2, 0) is 16.1 Å². The number of aromatic nitrogens is 1. The van der Waals surface area contributed by atoms with Gasteiger partial charge in [-0.1, -0.05) is 12.1 Å². The number of hydrogen-bond acceptors (Lipinski definition) is 5. The summed E-state index contributed by atoms with van der Waals surface area (Å²) in [4.78, 5) is 37.4. The van der Waals surface area contributed by atoms with Crippen molar-refractivity contribution in [2.45, 2.75) is 33.8 Å². The maximum Gasteiger partial charge on any atom is 0.313 e. The van der Waals surface area contributed by atoms with Gasteiger partial charge in [0.25, 0.3) is 5.56 Å². The summed E-state index contributed by atoms with van der Waals surface area (Å²) < 4.78 is 39.0. The molecule has 0 fully saturated rings. The number of aryl methyl sites for hydroxylation is 2. The molecule has 6 nitrogen and oxygen atoms in total. The SMILES string of the molecule is CCOC(=O)CC(=O)c1ccc(C)c(-n2c(C)cc(OCc3ccc(F)cc3F)c(Br)c2=O)c1. The third-order valence-corrected chi connectivity index (χ3v) is 5.81. The molecule has 0 aliphatic rings. The molecule has 0 N–H and O–H groups in total. The van der Waals surface area contributed by atoms with Crippen LogP contribution < -0.4 is 10.3 Å². The molecule has 0 atom stereocenters. The summed E-state index contributed by atoms with van der Waals surface area (Å²) in [5.41, 5.74) is 1.65. The number of rotatable bonds is 8. The smallest absolute Gasteiger partial charge is 0.313 e. The Morgan fingerprint density at radius 3 is 2.47 bits per heavy atom. The number of carbonyl (C=O) groups excluding carboxylic acids is 2. The van der Waals surface area contributed by atoms with E-state index in [2.05, 4.69) is 15.9 Å². The van der Waals surface area contributed by atoms with Gasteiger partial charge < -0.3 is 9.47 Å². The average molecular weight is 534 g/mol. The molecule has 0 amide bonds. The summed E-state index contributed by atoms with van der Waals surface area (Å²) in [6, 6.07) is 9.58. The predicted molar refractivity (Wildman–Crippen MR) is 125 cm³/mol. The van der Waals surface area contributed by atoms with Gasteiger partial charge in [0.15, 0.2) is 5.78 Å². The van der Waals surface area contributed by atoms with Crippen LogP contribution >= 0.6 is 15.9 Å². The second-order valence-electron chi connectivity index (χ2n) is 7.54. The van der Waals surface area contributed by atoms with E-state index in [1.54, 1.807) is 45.0 Å². The van der Waals surface area contributed by atoms with E-state index in [0.717, 1.165) is 17.7 Å². The lowest BCUT2D eigenvalue weighted by Gasteiger charge is -2.17. The Morgan fingerprint density at radius 2 is 1.79 bits per heavy atom. The van der Waals surface area contributed by atoms with E-state index in [-0.39, 0.29) is 34.6 Å². The third-order valence-electron chi connectivity index (χ3n) is 5.08. The molecular weight excluding hydrogens is 512 g/mol. The zero-order valence-electron chi connectivity index (χ0n) is 18.8. The van der Waals surface area contributed by atoms with Crippen molar-refractivity contribution >= 4 is 27.7 Å². The van der Waals surface area contributed by atoms with Crippen molar-refractivity contribution in [1.82, 2.24) is 4.57 Å². The van der Waals surface area contributed by atoms with Gasteiger partial charge in [-0.25, -0.2) is 8.78 Å². The Balaban J connectivity index is 1.93. The van der Waals surface area contributed by atoms with E-state index in [4.69, 9.17) is 9.47 Å². The number of carbonyl (C=O) groups is 2. The van der Waals surface area contributed by atoms with Gasteiger partial charge in [-0.2, -0.15) is 0 Å². The molecule has 178 valence electrons. The number of benzene rings is 2. The molecule has 0 aliphatic carbocycles. The van der Waals surface area contributed by atoms with Crippen molar-refractivity contribution in [3.8, 4) is 11.4 Å². The maximum absolute atomic E-state index is 13.9. The van der Waals surface area contributed by atoms with Gasteiger partial charge in [0.05, 0.1) is 12.3 Å². The number of Topliss-reactive ketones (excluding diaryl/α,β-unsaturated/α-hetero) is 1. The van der Waals surface area contributed by atoms with Crippen LogP contribution in [0.1, 0.15) is 40.5 Å². The largest absolute Gasteiger partial charge is 0.487 e. The molecule has 0 aliphatic heterocycles. The summed E-state index contributed by atoms with van der Waals surface area (Å²) in [5.74, 6) is -2.30. The molecule has 1 heterocycles. The fourth-order valence-electron chi connectivity index (χ4n) is 3.35. The highest BCUT2D eigenvalue weighted by Crippen LogP contribution is 2.27. The van der Waals surface area contributed by atoms with Crippen molar-refractivity contribution in [2.24, 2.45) is 0 Å². The molecule has 3 rings (SSSR count). The predicted octanol–water partition coefficient (Wildman–Crippen LogP) is 5.21. The zero-order valence-corrected chi connectivity index (χ0v) is 20.4. The first-order chi connectivity index (χ1) is 16.1. The second-order valence-corrected chi connectivity index (χ2v) is 8.33. The number of ether oxygens (including phenoxy) is 2. The molecule has 0 unspecified atom stereocenters. The lowest BCUT2D eigenvalue weighted by Crippen LogP contribution is -2.23. The summed E-state index contributed by atoms with van der Waals surface area (Å²) in [5, 5.41) is 0. The van der Waals surface area contributed by atoms with Crippen LogP contribution in [0.5, 0.6) is 5.75 Å². The maximum atomic E-state index is 13.9. The topological polar surface area (TPSA) is 74.6 Å². The van der Waals surface area contributed by atoms with E-state index in [1.165, 1.54) is 10.6 Å². The van der Waals surface area contributed by atoms with E-state index in [0.29, 0.717) is 11.4 Å². The number of hydrogen-bond donors (Lipinski definition) is 0. The summed E-state index contributed by atoms with van der Waals surface area (Å²) in [6.07, 6.45) is -0.402. The van der Waals surface area contributed by atoms with Gasteiger partial charge in [-0.15, -0.1) is 0 Å². The lowest BCUT2D eigenvalue weighted by atomic mass is 10.0. The summed E-state index contributed by atoms with van der Waals surface area (Å²) >= 11 is 3.25. The van der Waals surface area contributed by atoms with Crippen LogP contribution in [0.15, 0.2) is 51.7 Å². The zero-order chi connectivity index (χ0) is 25.0. The second kappa shape index (κ2) is 10.7. The first-order valence-corrected chi connectivity index (χ1v) is 11.2. The monoisotopic (exact) mass is 533 g/mol. The minimum absolute atomic E-state index is 0.100. The average Bonchev–Trinajstić information content (AvgIpc) is 2.77. The van der Waals surface area contributed by atoms with Crippen molar-refractivity contribution in [3.05, 3.63) is 91.3 Å². The molecule has 0 saturated heterocycles. The molecule has 0 bridgehead atoms. The van der Waals surface area contributed by atoms with Gasteiger partial charge in [-0.3, -0.25) is 19.0 Å². The minimum Gasteiger partial charge on any atom is -0.487 e. The first-order valence-electron chi connectivity index (χ1n) is 10.4. The highest BCUT2D eigenvalue weighted by molar-refractivity contribution is 9.10. The Morgan fingerprint density at radius 1 is 1.06 bits per heavy atom. The number of pyridine rings is 1. The van der Waals surface area contributed by atoms with Gasteiger partial charge in [-0.05, 0) is 60.5 Å². The van der Waals surface area contributed by atoms with Crippen molar-refractivity contribution in [1.29, 1.82) is 0 Å². The van der Waals surface area contributed by atoms with Gasteiger partial charge in [0.2, 0.25) is 0 Å². The fourth-order valence-corrected chi connectivity index (χ4v) is 3.76. The number of ketones is 1. The molecule has 3 aromatic rings. The molecule has 0 saturated carbocycles. The van der Waals surface area contributed by atoms with E-state index in [1.807, 2.05) is 0 Å². The van der Waals surface area contributed by atoms with Crippen LogP contribution in [0.4, 0.5) is 8.78 Å². The van der Waals surface area contributed by atoms with Crippen LogP contribution in [0.3, 0.4) is 0 Å². The normalized spacial score (nSPS) is 10.8. The third kappa shape index (κ3) is 5.59. The van der Waals surface area contributed by atoms with E-state index >= 15 is 0 Å². The highest BCUT2D eigenvalue weighted by Gasteiger charge is 2.18. The number of halogens is 3. The standard InChI is InChI=1S/C25H22BrF2NO5/c1-4-33-23(31)12-21(30)16-6-5-14(2)20(10-16)29-15(3)9-22(24(26)25(29)32)34-13-17-7-8-18(27)11-19(17)28/h5-11H,4,12-13H2,1-3H3. The number of nitrogens with zero attached hydrogens (tertiary/aromatic N) is 1. The van der Waals surface area contributed by atoms with Crippen LogP contribution in [0.25, 0.3) is 5.69 Å². The Bertz CT molecular complexity index is 1320. The van der Waals surface area contributed by atoms with Crippen molar-refractivity contribution in [3.63, 3.8) is 0 Å². The van der Waals surface area contributed by atoms with Crippen LogP contribution in [-0.4, -0.2) is 22.9 Å². The van der Waals surface area contributed by atoms with Crippen molar-refractivity contribution < 1.29 is 27.8 Å². The fraction of sp³-hybridized carbons (Fsp3) is 0.240. The molecule has 34 heavy (non-hydrogen) atoms. The quantitative estimate of drug-likeness (QED) is 0.226. The van der Waals surface area contributed by atoms with E-state index < -0.39 is 35.4 Å². The van der Waals surface area contributed by atoms with Crippen LogP contribution in [0.2, 0.25) is 0 Å². The molecular formula is C25H22BrF2NO5. The molecule has 2 aromatic carbocycles. The summed E-state index contributed by atoms with van der Waals surface area (Å²) in [6.45, 7) is 5.10. The first kappa shape index (κ1) is 25.3. The number of esters is 1. The van der Waals surface area contributed by atoms with Crippen LogP contribution in [0, 0.1) is 25.5 Å². The van der Waals surface area contributed by atoms with Gasteiger partial charge in [0.1, 0.15) is 34.9 Å². The Hall–Kier alpha value is -3.33. The Kier molecular flexibility index (Phi) is 7.98. The molecule has 1 aromatic heterocycles. The minimum atomic E-state index is -0.749. The molecule has 0 spiro atoms. The van der Waals surface area contributed by atoms with Gasteiger partial charge in [0, 0.05) is 29.0 Å². The molecule has 0 radical (unpaired) electrons. The highest BCUT2D eigenvalue weighted by atomic mass is 79.9. The summed E-state index contributed by atoms with van der Waals surface area (Å²) in [7, 11) is 0. The van der Waals surface area contributed by atoms with Gasteiger partial charge >= 0.3 is 5.97 Å².